The molecule has 0 saturated heterocycles. The van der Waals surface area contributed by atoms with Crippen LogP contribution >= 0.6 is 11.6 Å². The van der Waals surface area contributed by atoms with Crippen molar-refractivity contribution in [1.82, 2.24) is 10.6 Å². The zero-order valence-electron chi connectivity index (χ0n) is 17.8. The molecule has 5 heteroatoms. The van der Waals surface area contributed by atoms with Crippen LogP contribution in [0.1, 0.15) is 57.4 Å². The number of alkyl carbamates (subject to hydrolysis) is 1. The van der Waals surface area contributed by atoms with Gasteiger partial charge >= 0.3 is 6.09 Å². The summed E-state index contributed by atoms with van der Waals surface area (Å²) in [5, 5.41) is 6.98. The van der Waals surface area contributed by atoms with Crippen LogP contribution in [0.15, 0.2) is 48.5 Å². The molecule has 2 aromatic carbocycles. The molecule has 0 fully saturated rings. The highest BCUT2D eigenvalue weighted by Crippen LogP contribution is 2.23. The molecule has 2 rings (SSSR count). The van der Waals surface area contributed by atoms with Crippen LogP contribution in [0, 0.1) is 6.92 Å². The van der Waals surface area contributed by atoms with Crippen molar-refractivity contribution in [2.24, 2.45) is 0 Å². The van der Waals surface area contributed by atoms with E-state index in [2.05, 4.69) is 41.8 Å². The first-order chi connectivity index (χ1) is 13.2. The number of hydrogen-bond donors (Lipinski definition) is 2. The summed E-state index contributed by atoms with van der Waals surface area (Å²) in [4.78, 5) is 11.7. The summed E-state index contributed by atoms with van der Waals surface area (Å²) in [6, 6.07) is 16.2. The zero-order valence-corrected chi connectivity index (χ0v) is 18.6. The van der Waals surface area contributed by atoms with E-state index >= 15 is 0 Å². The highest BCUT2D eigenvalue weighted by Gasteiger charge is 2.16. The molecular formula is C23H33ClN2O2. The molecule has 0 spiro atoms. The molecular weight excluding hydrogens is 372 g/mol. The van der Waals surface area contributed by atoms with Gasteiger partial charge in [-0.15, -0.1) is 0 Å². The Morgan fingerprint density at radius 2 is 1.46 bits per heavy atom. The number of halogens is 1. The summed E-state index contributed by atoms with van der Waals surface area (Å²) in [5.41, 5.74) is 3.01. The molecule has 0 aromatic heterocycles. The van der Waals surface area contributed by atoms with Gasteiger partial charge in [0.15, 0.2) is 0 Å². The predicted molar refractivity (Wildman–Crippen MR) is 118 cm³/mol. The van der Waals surface area contributed by atoms with Gasteiger partial charge in [-0.2, -0.15) is 0 Å². The Morgan fingerprint density at radius 1 is 0.964 bits per heavy atom. The molecule has 0 heterocycles. The van der Waals surface area contributed by atoms with Crippen LogP contribution in [0.3, 0.4) is 0 Å². The van der Waals surface area contributed by atoms with Crippen LogP contribution in [0.2, 0.25) is 5.02 Å². The van der Waals surface area contributed by atoms with Gasteiger partial charge in [0.05, 0.1) is 6.04 Å². The zero-order chi connectivity index (χ0) is 21.2. The quantitative estimate of drug-likeness (QED) is 0.591. The number of rotatable bonds is 6. The molecule has 154 valence electrons. The lowest BCUT2D eigenvalue weighted by atomic mass is 9.98. The van der Waals surface area contributed by atoms with E-state index in [-0.39, 0.29) is 6.04 Å². The molecule has 0 radical (unpaired) electrons. The van der Waals surface area contributed by atoms with Gasteiger partial charge < -0.3 is 15.4 Å². The van der Waals surface area contributed by atoms with Crippen LogP contribution in [0.25, 0.3) is 0 Å². The van der Waals surface area contributed by atoms with Gasteiger partial charge in [-0.05, 0) is 51.0 Å². The van der Waals surface area contributed by atoms with Gasteiger partial charge in [-0.1, -0.05) is 67.4 Å². The van der Waals surface area contributed by atoms with Gasteiger partial charge in [0, 0.05) is 18.1 Å². The Balaban J connectivity index is 0.00000190. The van der Waals surface area contributed by atoms with Gasteiger partial charge in [-0.25, -0.2) is 4.79 Å². The Morgan fingerprint density at radius 3 is 1.96 bits per heavy atom. The molecule has 0 aliphatic carbocycles. The third-order valence-corrected chi connectivity index (χ3v) is 4.01. The molecule has 1 amide bonds. The molecule has 1 unspecified atom stereocenters. The fourth-order valence-electron chi connectivity index (χ4n) is 2.54. The normalized spacial score (nSPS) is 11.8. The van der Waals surface area contributed by atoms with Crippen LogP contribution < -0.4 is 10.6 Å². The number of nitrogens with one attached hydrogen (secondary N) is 2. The van der Waals surface area contributed by atoms with Crippen LogP contribution in [-0.4, -0.2) is 24.8 Å². The fraction of sp³-hybridized carbons (Fsp3) is 0.435. The highest BCUT2D eigenvalue weighted by atomic mass is 35.5. The summed E-state index contributed by atoms with van der Waals surface area (Å²) in [7, 11) is 0. The largest absolute Gasteiger partial charge is 0.444 e. The maximum absolute atomic E-state index is 11.7. The molecule has 28 heavy (non-hydrogen) atoms. The first-order valence-corrected chi connectivity index (χ1v) is 10.1. The number of carbonyl (C=O) groups excluding carboxylic acids is 1. The highest BCUT2D eigenvalue weighted by molar-refractivity contribution is 6.30. The summed E-state index contributed by atoms with van der Waals surface area (Å²) in [6.07, 6.45) is -0.405. The maximum atomic E-state index is 11.7. The van der Waals surface area contributed by atoms with Gasteiger partial charge in [0.2, 0.25) is 0 Å². The third-order valence-electron chi connectivity index (χ3n) is 3.76. The summed E-state index contributed by atoms with van der Waals surface area (Å²) in [6.45, 7) is 12.7. The average Bonchev–Trinajstić information content (AvgIpc) is 2.64. The van der Waals surface area contributed by atoms with Gasteiger partial charge in [0.25, 0.3) is 0 Å². The first-order valence-electron chi connectivity index (χ1n) is 9.77. The first kappa shape index (κ1) is 24.0. The minimum atomic E-state index is -0.495. The van der Waals surface area contributed by atoms with Gasteiger partial charge in [0.1, 0.15) is 5.60 Å². The number of hydrogen-bond acceptors (Lipinski definition) is 3. The maximum Gasteiger partial charge on any atom is 0.407 e. The third kappa shape index (κ3) is 8.77. The number of aryl methyl sites for hydroxylation is 1. The van der Waals surface area contributed by atoms with Crippen LogP contribution in [0.4, 0.5) is 4.79 Å². The van der Waals surface area contributed by atoms with E-state index < -0.39 is 11.7 Å². The molecule has 2 N–H and O–H groups in total. The van der Waals surface area contributed by atoms with Crippen LogP contribution in [-0.2, 0) is 4.74 Å². The van der Waals surface area contributed by atoms with Crippen molar-refractivity contribution in [3.8, 4) is 0 Å². The van der Waals surface area contributed by atoms with E-state index in [4.69, 9.17) is 16.3 Å². The lowest BCUT2D eigenvalue weighted by Gasteiger charge is -2.22. The van der Waals surface area contributed by atoms with Crippen molar-refractivity contribution in [2.45, 2.75) is 53.2 Å². The van der Waals surface area contributed by atoms with Crippen molar-refractivity contribution in [1.29, 1.82) is 0 Å². The molecule has 0 saturated carbocycles. The SMILES string of the molecule is CC.Cc1ccc(C(NCCNC(=O)OC(C)(C)C)c2ccc(Cl)cc2)cc1. The van der Waals surface area contributed by atoms with E-state index in [0.717, 1.165) is 11.1 Å². The fourth-order valence-corrected chi connectivity index (χ4v) is 2.66. The van der Waals surface area contributed by atoms with Gasteiger partial charge in [-0.3, -0.25) is 0 Å². The smallest absolute Gasteiger partial charge is 0.407 e. The Hall–Kier alpha value is -2.04. The molecule has 4 nitrogen and oxygen atoms in total. The minimum absolute atomic E-state index is 0.0216. The van der Waals surface area contributed by atoms with Crippen molar-refractivity contribution in [2.75, 3.05) is 13.1 Å². The second-order valence-electron chi connectivity index (χ2n) is 7.28. The van der Waals surface area contributed by atoms with Crippen molar-refractivity contribution >= 4 is 17.7 Å². The molecule has 1 atom stereocenters. The van der Waals surface area contributed by atoms with E-state index in [1.807, 2.05) is 58.9 Å². The van der Waals surface area contributed by atoms with E-state index in [0.29, 0.717) is 18.1 Å². The van der Waals surface area contributed by atoms with Crippen molar-refractivity contribution < 1.29 is 9.53 Å². The Bertz CT molecular complexity index is 661. The molecule has 0 aliphatic rings. The second-order valence-corrected chi connectivity index (χ2v) is 7.71. The Labute approximate surface area is 174 Å². The van der Waals surface area contributed by atoms with E-state index in [9.17, 15) is 4.79 Å². The molecule has 0 aliphatic heterocycles. The number of amides is 1. The standard InChI is InChI=1S/C21H27ClN2O2.C2H6/c1-15-5-7-16(8-6-15)19(17-9-11-18(22)12-10-17)23-13-14-24-20(25)26-21(2,3)4;1-2/h5-12,19,23H,13-14H2,1-4H3,(H,24,25);1-2H3. The second kappa shape index (κ2) is 11.7. The Kier molecular flexibility index (Phi) is 10.0. The topological polar surface area (TPSA) is 50.4 Å². The number of benzene rings is 2. The van der Waals surface area contributed by atoms with E-state index in [1.54, 1.807) is 0 Å². The predicted octanol–water partition coefficient (Wildman–Crippen LogP) is 5.88. The minimum Gasteiger partial charge on any atom is -0.444 e. The summed E-state index contributed by atoms with van der Waals surface area (Å²) >= 11 is 6.02. The monoisotopic (exact) mass is 404 g/mol. The lowest BCUT2D eigenvalue weighted by molar-refractivity contribution is 0.0528. The van der Waals surface area contributed by atoms with Crippen molar-refractivity contribution in [3.05, 3.63) is 70.2 Å². The molecule has 0 bridgehead atoms. The summed E-state index contributed by atoms with van der Waals surface area (Å²) in [5.74, 6) is 0. The number of carbonyl (C=O) groups is 1. The average molecular weight is 405 g/mol. The summed E-state index contributed by atoms with van der Waals surface area (Å²) < 4.78 is 5.25. The molecule has 2 aromatic rings. The van der Waals surface area contributed by atoms with E-state index in [1.165, 1.54) is 5.56 Å². The van der Waals surface area contributed by atoms with Crippen LogP contribution in [0.5, 0.6) is 0 Å². The lowest BCUT2D eigenvalue weighted by Crippen LogP contribution is -2.37. The number of ether oxygens (including phenoxy) is 1. The van der Waals surface area contributed by atoms with Crippen molar-refractivity contribution in [3.63, 3.8) is 0 Å².